The lowest BCUT2D eigenvalue weighted by Crippen LogP contribution is -2.28. The van der Waals surface area contributed by atoms with Crippen molar-refractivity contribution in [3.05, 3.63) is 23.4 Å². The molecule has 104 valence electrons. The maximum atomic E-state index is 11.4. The van der Waals surface area contributed by atoms with E-state index in [0.717, 1.165) is 4.88 Å². The summed E-state index contributed by atoms with van der Waals surface area (Å²) in [5, 5.41) is 5.79. The maximum Gasteiger partial charge on any atom is 0.228 e. The highest BCUT2D eigenvalue weighted by Gasteiger charge is 2.11. The predicted molar refractivity (Wildman–Crippen MR) is 73.4 cm³/mol. The van der Waals surface area contributed by atoms with Crippen molar-refractivity contribution >= 4 is 21.4 Å². The summed E-state index contributed by atoms with van der Waals surface area (Å²) in [6.45, 7) is 2.10. The second-order valence-electron chi connectivity index (χ2n) is 3.95. The van der Waals surface area contributed by atoms with Crippen molar-refractivity contribution in [3.8, 4) is 10.7 Å². The molecule has 0 radical (unpaired) electrons. The number of nitrogens with one attached hydrogen (secondary N) is 1. The van der Waals surface area contributed by atoms with Gasteiger partial charge < -0.3 is 4.52 Å². The summed E-state index contributed by atoms with van der Waals surface area (Å²) < 4.78 is 30.4. The Hall–Kier alpha value is -1.25. The molecule has 0 aliphatic carbocycles. The highest BCUT2D eigenvalue weighted by atomic mass is 32.2. The predicted octanol–water partition coefficient (Wildman–Crippen LogP) is 1.67. The number of thiophene rings is 1. The summed E-state index contributed by atoms with van der Waals surface area (Å²) >= 11 is 1.53. The molecule has 2 rings (SSSR count). The molecule has 0 spiro atoms. The zero-order valence-corrected chi connectivity index (χ0v) is 12.1. The van der Waals surface area contributed by atoms with Gasteiger partial charge in [0.1, 0.15) is 0 Å². The van der Waals surface area contributed by atoms with E-state index in [1.54, 1.807) is 0 Å². The first-order valence-electron chi connectivity index (χ1n) is 5.94. The highest BCUT2D eigenvalue weighted by molar-refractivity contribution is 7.89. The summed E-state index contributed by atoms with van der Waals surface area (Å²) in [5.41, 5.74) is 0. The average Bonchev–Trinajstić information content (AvgIpc) is 2.98. The van der Waals surface area contributed by atoms with Crippen LogP contribution in [0, 0.1) is 0 Å². The molecule has 8 heteroatoms. The Labute approximate surface area is 115 Å². The van der Waals surface area contributed by atoms with E-state index in [1.165, 1.54) is 11.3 Å². The topological polar surface area (TPSA) is 85.1 Å². The zero-order valence-electron chi connectivity index (χ0n) is 10.5. The summed E-state index contributed by atoms with van der Waals surface area (Å²) in [6, 6.07) is 3.82. The van der Waals surface area contributed by atoms with Crippen molar-refractivity contribution in [1.29, 1.82) is 0 Å². The van der Waals surface area contributed by atoms with E-state index < -0.39 is 10.0 Å². The van der Waals surface area contributed by atoms with Crippen molar-refractivity contribution in [3.63, 3.8) is 0 Å². The minimum atomic E-state index is -3.18. The summed E-state index contributed by atoms with van der Waals surface area (Å²) in [6.07, 6.45) is 0.986. The number of hydrogen-bond donors (Lipinski definition) is 1. The number of sulfonamides is 1. The lowest BCUT2D eigenvalue weighted by atomic mass is 10.4. The highest BCUT2D eigenvalue weighted by Crippen LogP contribution is 2.21. The van der Waals surface area contributed by atoms with E-state index in [1.807, 2.05) is 24.4 Å². The van der Waals surface area contributed by atoms with Crippen LogP contribution in [0.15, 0.2) is 22.0 Å². The van der Waals surface area contributed by atoms with Gasteiger partial charge in [0.25, 0.3) is 0 Å². The van der Waals surface area contributed by atoms with Gasteiger partial charge >= 0.3 is 0 Å². The van der Waals surface area contributed by atoms with E-state index in [-0.39, 0.29) is 12.3 Å². The molecule has 0 aromatic carbocycles. The van der Waals surface area contributed by atoms with Gasteiger partial charge in [0.15, 0.2) is 0 Å². The molecule has 0 aliphatic heterocycles. The van der Waals surface area contributed by atoms with Crippen LogP contribution in [0.5, 0.6) is 0 Å². The molecule has 6 nitrogen and oxygen atoms in total. The van der Waals surface area contributed by atoms with Crippen molar-refractivity contribution in [2.45, 2.75) is 19.8 Å². The quantitative estimate of drug-likeness (QED) is 0.841. The second kappa shape index (κ2) is 6.27. The van der Waals surface area contributed by atoms with Crippen LogP contribution in [0.1, 0.15) is 19.2 Å². The first-order chi connectivity index (χ1) is 9.11. The number of nitrogens with zero attached hydrogens (tertiary/aromatic N) is 2. The van der Waals surface area contributed by atoms with Gasteiger partial charge in [-0.2, -0.15) is 4.98 Å². The molecule has 1 N–H and O–H groups in total. The molecule has 2 heterocycles. The summed E-state index contributed by atoms with van der Waals surface area (Å²) in [4.78, 5) is 5.15. The van der Waals surface area contributed by atoms with Crippen LogP contribution in [0.3, 0.4) is 0 Å². The molecular formula is C11H15N3O3S2. The first-order valence-corrected chi connectivity index (χ1v) is 8.47. The number of rotatable bonds is 7. The molecule has 2 aromatic rings. The lowest BCUT2D eigenvalue weighted by molar-refractivity contribution is 0.379. The molecule has 0 amide bonds. The van der Waals surface area contributed by atoms with Crippen LogP contribution < -0.4 is 4.72 Å². The van der Waals surface area contributed by atoms with Crippen LogP contribution in [0.2, 0.25) is 0 Å². The molecular weight excluding hydrogens is 286 g/mol. The van der Waals surface area contributed by atoms with Gasteiger partial charge in [0.2, 0.25) is 21.7 Å². The number of aromatic nitrogens is 2. The lowest BCUT2D eigenvalue weighted by Gasteiger charge is -2.02. The Balaban J connectivity index is 1.88. The summed E-state index contributed by atoms with van der Waals surface area (Å²) in [7, 11) is -3.18. The smallest absolute Gasteiger partial charge is 0.228 e. The minimum absolute atomic E-state index is 0.136. The summed E-state index contributed by atoms with van der Waals surface area (Å²) in [5.74, 6) is 1.11. The molecule has 0 fully saturated rings. The second-order valence-corrected chi connectivity index (χ2v) is 6.83. The Morgan fingerprint density at radius 2 is 2.32 bits per heavy atom. The Morgan fingerprint density at radius 1 is 1.47 bits per heavy atom. The minimum Gasteiger partial charge on any atom is -0.339 e. The molecule has 19 heavy (non-hydrogen) atoms. The average molecular weight is 301 g/mol. The standard InChI is InChI=1S/C11H15N3O3S2/c1-2-8-19(15,16)12-6-5-10-13-11(14-17-10)9-4-3-7-18-9/h3-4,7,12H,2,5-6,8H2,1H3. The van der Waals surface area contributed by atoms with Crippen molar-refractivity contribution in [2.75, 3.05) is 12.3 Å². The third kappa shape index (κ3) is 4.12. The van der Waals surface area contributed by atoms with Gasteiger partial charge in [0, 0.05) is 13.0 Å². The van der Waals surface area contributed by atoms with E-state index in [0.29, 0.717) is 24.6 Å². The van der Waals surface area contributed by atoms with E-state index in [2.05, 4.69) is 14.9 Å². The van der Waals surface area contributed by atoms with Crippen LogP contribution >= 0.6 is 11.3 Å². The van der Waals surface area contributed by atoms with Crippen LogP contribution in [-0.4, -0.2) is 30.9 Å². The van der Waals surface area contributed by atoms with Gasteiger partial charge in [0.05, 0.1) is 10.6 Å². The Kier molecular flexibility index (Phi) is 4.67. The normalized spacial score (nSPS) is 11.8. The molecule has 0 saturated heterocycles. The third-order valence-electron chi connectivity index (χ3n) is 2.34. The molecule has 0 unspecified atom stereocenters. The SMILES string of the molecule is CCCS(=O)(=O)NCCc1nc(-c2cccs2)no1. The fourth-order valence-corrected chi connectivity index (χ4v) is 3.26. The number of hydrogen-bond acceptors (Lipinski definition) is 6. The van der Waals surface area contributed by atoms with E-state index in [9.17, 15) is 8.42 Å². The van der Waals surface area contributed by atoms with Crippen molar-refractivity contribution in [1.82, 2.24) is 14.9 Å². The van der Waals surface area contributed by atoms with Crippen molar-refractivity contribution < 1.29 is 12.9 Å². The van der Waals surface area contributed by atoms with E-state index >= 15 is 0 Å². The fourth-order valence-electron chi connectivity index (χ4n) is 1.52. The zero-order chi connectivity index (χ0) is 13.7. The van der Waals surface area contributed by atoms with Crippen LogP contribution in [-0.2, 0) is 16.4 Å². The molecule has 0 bridgehead atoms. The maximum absolute atomic E-state index is 11.4. The van der Waals surface area contributed by atoms with Gasteiger partial charge in [-0.25, -0.2) is 13.1 Å². The monoisotopic (exact) mass is 301 g/mol. The Morgan fingerprint density at radius 3 is 3.00 bits per heavy atom. The van der Waals surface area contributed by atoms with Gasteiger partial charge in [-0.05, 0) is 17.9 Å². The largest absolute Gasteiger partial charge is 0.339 e. The van der Waals surface area contributed by atoms with E-state index in [4.69, 9.17) is 4.52 Å². The van der Waals surface area contributed by atoms with Crippen LogP contribution in [0.4, 0.5) is 0 Å². The molecule has 0 atom stereocenters. The fraction of sp³-hybridized carbons (Fsp3) is 0.455. The molecule has 0 aliphatic rings. The van der Waals surface area contributed by atoms with Gasteiger partial charge in [-0.1, -0.05) is 18.1 Å². The van der Waals surface area contributed by atoms with Crippen LogP contribution in [0.25, 0.3) is 10.7 Å². The van der Waals surface area contributed by atoms with Gasteiger partial charge in [-0.15, -0.1) is 11.3 Å². The first kappa shape index (κ1) is 14.2. The molecule has 0 saturated carbocycles. The molecule has 2 aromatic heterocycles. The van der Waals surface area contributed by atoms with Gasteiger partial charge in [-0.3, -0.25) is 0 Å². The third-order valence-corrected chi connectivity index (χ3v) is 4.80. The Bertz CT molecular complexity index is 605. The van der Waals surface area contributed by atoms with Crippen molar-refractivity contribution in [2.24, 2.45) is 0 Å².